The van der Waals surface area contributed by atoms with Crippen LogP contribution in [-0.2, 0) is 19.3 Å². The maximum absolute atomic E-state index is 12.9. The molecule has 0 aliphatic heterocycles. The predicted molar refractivity (Wildman–Crippen MR) is 98.6 cm³/mol. The van der Waals surface area contributed by atoms with Crippen LogP contribution in [-0.4, -0.2) is 35.6 Å². The molecule has 1 atom stereocenters. The van der Waals surface area contributed by atoms with Gasteiger partial charge in [-0.05, 0) is 48.8 Å². The number of hydrogen-bond donors (Lipinski definition) is 1. The van der Waals surface area contributed by atoms with Gasteiger partial charge in [-0.3, -0.25) is 4.79 Å². The third kappa shape index (κ3) is 4.05. The molecule has 1 aliphatic carbocycles. The van der Waals surface area contributed by atoms with E-state index < -0.39 is 0 Å². The Kier molecular flexibility index (Phi) is 5.69. The Hall–Kier alpha value is -1.65. The summed E-state index contributed by atoms with van der Waals surface area (Å²) in [5.74, 6) is 0.772. The first-order valence-corrected chi connectivity index (χ1v) is 9.54. The SMILES string of the molecule is CC1CCc2sc(C(=O)N(CCO)CCc3ccccc3)cc2C1. The zero-order valence-electron chi connectivity index (χ0n) is 14.2. The smallest absolute Gasteiger partial charge is 0.264 e. The Balaban J connectivity index is 1.70. The number of benzene rings is 1. The van der Waals surface area contributed by atoms with Crippen LogP contribution in [0.25, 0.3) is 0 Å². The lowest BCUT2D eigenvalue weighted by molar-refractivity contribution is 0.0728. The summed E-state index contributed by atoms with van der Waals surface area (Å²) in [4.78, 5) is 16.9. The van der Waals surface area contributed by atoms with E-state index in [0.29, 0.717) is 19.0 Å². The highest BCUT2D eigenvalue weighted by molar-refractivity contribution is 7.14. The van der Waals surface area contributed by atoms with Gasteiger partial charge in [0.15, 0.2) is 0 Å². The highest BCUT2D eigenvalue weighted by Gasteiger charge is 2.23. The van der Waals surface area contributed by atoms with Gasteiger partial charge in [0.2, 0.25) is 0 Å². The molecule has 3 nitrogen and oxygen atoms in total. The van der Waals surface area contributed by atoms with Gasteiger partial charge in [-0.15, -0.1) is 11.3 Å². The first kappa shape index (κ1) is 17.2. The minimum Gasteiger partial charge on any atom is -0.395 e. The average molecular weight is 343 g/mol. The van der Waals surface area contributed by atoms with Gasteiger partial charge in [0, 0.05) is 18.0 Å². The number of fused-ring (bicyclic) bond motifs is 1. The quantitative estimate of drug-likeness (QED) is 0.871. The van der Waals surface area contributed by atoms with E-state index in [0.717, 1.165) is 24.1 Å². The van der Waals surface area contributed by atoms with E-state index in [1.165, 1.54) is 22.4 Å². The van der Waals surface area contributed by atoms with Gasteiger partial charge in [0.05, 0.1) is 11.5 Å². The lowest BCUT2D eigenvalue weighted by Gasteiger charge is -2.21. The molecule has 0 saturated heterocycles. The van der Waals surface area contributed by atoms with Crippen LogP contribution in [0.15, 0.2) is 36.4 Å². The van der Waals surface area contributed by atoms with Crippen molar-refractivity contribution in [2.75, 3.05) is 19.7 Å². The molecular formula is C20H25NO2S. The molecule has 1 amide bonds. The first-order chi connectivity index (χ1) is 11.7. The predicted octanol–water partition coefficient (Wildman–Crippen LogP) is 3.55. The van der Waals surface area contributed by atoms with Crippen LogP contribution in [0, 0.1) is 5.92 Å². The molecule has 0 spiro atoms. The summed E-state index contributed by atoms with van der Waals surface area (Å²) in [6.07, 6.45) is 4.21. The molecule has 3 rings (SSSR count). The highest BCUT2D eigenvalue weighted by atomic mass is 32.1. The average Bonchev–Trinajstić information content (AvgIpc) is 3.02. The van der Waals surface area contributed by atoms with Crippen molar-refractivity contribution >= 4 is 17.2 Å². The molecule has 0 fully saturated rings. The number of aliphatic hydroxyl groups is 1. The summed E-state index contributed by atoms with van der Waals surface area (Å²) < 4.78 is 0. The number of aryl methyl sites for hydroxylation is 1. The van der Waals surface area contributed by atoms with Crippen LogP contribution in [0.3, 0.4) is 0 Å². The monoisotopic (exact) mass is 343 g/mol. The van der Waals surface area contributed by atoms with E-state index in [1.54, 1.807) is 16.2 Å². The fourth-order valence-electron chi connectivity index (χ4n) is 3.31. The van der Waals surface area contributed by atoms with Crippen molar-refractivity contribution in [2.24, 2.45) is 5.92 Å². The van der Waals surface area contributed by atoms with Crippen molar-refractivity contribution in [3.63, 3.8) is 0 Å². The van der Waals surface area contributed by atoms with Crippen molar-refractivity contribution in [3.8, 4) is 0 Å². The molecule has 4 heteroatoms. The lowest BCUT2D eigenvalue weighted by atomic mass is 9.90. The molecule has 1 aliphatic rings. The van der Waals surface area contributed by atoms with Gasteiger partial charge < -0.3 is 10.0 Å². The van der Waals surface area contributed by atoms with Crippen LogP contribution in [0.1, 0.15) is 39.0 Å². The molecule has 1 N–H and O–H groups in total. The van der Waals surface area contributed by atoms with Crippen LogP contribution >= 0.6 is 11.3 Å². The van der Waals surface area contributed by atoms with E-state index in [2.05, 4.69) is 25.1 Å². The summed E-state index contributed by atoms with van der Waals surface area (Å²) in [5.41, 5.74) is 2.57. The number of nitrogens with zero attached hydrogens (tertiary/aromatic N) is 1. The maximum Gasteiger partial charge on any atom is 0.264 e. The Morgan fingerprint density at radius 1 is 1.29 bits per heavy atom. The highest BCUT2D eigenvalue weighted by Crippen LogP contribution is 2.32. The second-order valence-corrected chi connectivity index (χ2v) is 7.80. The number of aliphatic hydroxyl groups excluding tert-OH is 1. The van der Waals surface area contributed by atoms with E-state index >= 15 is 0 Å². The van der Waals surface area contributed by atoms with E-state index in [9.17, 15) is 9.90 Å². The summed E-state index contributed by atoms with van der Waals surface area (Å²) in [5, 5.41) is 9.34. The Labute approximate surface area is 147 Å². The Morgan fingerprint density at radius 3 is 2.83 bits per heavy atom. The van der Waals surface area contributed by atoms with Crippen molar-refractivity contribution in [1.29, 1.82) is 0 Å². The third-order valence-corrected chi connectivity index (χ3v) is 5.94. The zero-order chi connectivity index (χ0) is 16.9. The number of carbonyl (C=O) groups is 1. The van der Waals surface area contributed by atoms with E-state index in [-0.39, 0.29) is 12.5 Å². The van der Waals surface area contributed by atoms with Crippen LogP contribution in [0.2, 0.25) is 0 Å². The molecule has 0 bridgehead atoms. The Bertz CT molecular complexity index is 680. The van der Waals surface area contributed by atoms with Gasteiger partial charge in [0.25, 0.3) is 5.91 Å². The number of hydrogen-bond acceptors (Lipinski definition) is 3. The second-order valence-electron chi connectivity index (χ2n) is 6.66. The number of rotatable bonds is 6. The third-order valence-electron chi connectivity index (χ3n) is 4.71. The zero-order valence-corrected chi connectivity index (χ0v) is 15.0. The van der Waals surface area contributed by atoms with Gasteiger partial charge in [-0.1, -0.05) is 37.3 Å². The lowest BCUT2D eigenvalue weighted by Crippen LogP contribution is -2.34. The number of carbonyl (C=O) groups excluding carboxylic acids is 1. The van der Waals surface area contributed by atoms with Crippen LogP contribution < -0.4 is 0 Å². The second kappa shape index (κ2) is 7.95. The van der Waals surface area contributed by atoms with Gasteiger partial charge >= 0.3 is 0 Å². The standard InChI is InChI=1S/C20H25NO2S/c1-15-7-8-18-17(13-15)14-19(24-18)20(23)21(11-12-22)10-9-16-5-3-2-4-6-16/h2-6,14-15,22H,7-13H2,1H3. The largest absolute Gasteiger partial charge is 0.395 e. The fourth-order valence-corrected chi connectivity index (χ4v) is 4.49. The van der Waals surface area contributed by atoms with Gasteiger partial charge in [0.1, 0.15) is 0 Å². The van der Waals surface area contributed by atoms with E-state index in [1.807, 2.05) is 18.2 Å². The number of amides is 1. The summed E-state index contributed by atoms with van der Waals surface area (Å²) in [6, 6.07) is 12.3. The summed E-state index contributed by atoms with van der Waals surface area (Å²) in [6.45, 7) is 3.32. The van der Waals surface area contributed by atoms with Gasteiger partial charge in [-0.2, -0.15) is 0 Å². The molecule has 0 radical (unpaired) electrons. The van der Waals surface area contributed by atoms with Crippen molar-refractivity contribution in [3.05, 3.63) is 57.3 Å². The molecular weight excluding hydrogens is 318 g/mol. The van der Waals surface area contributed by atoms with Crippen LogP contribution in [0.4, 0.5) is 0 Å². The summed E-state index contributed by atoms with van der Waals surface area (Å²) in [7, 11) is 0. The van der Waals surface area contributed by atoms with Crippen molar-refractivity contribution in [2.45, 2.75) is 32.6 Å². The fraction of sp³-hybridized carbons (Fsp3) is 0.450. The van der Waals surface area contributed by atoms with Crippen LogP contribution in [0.5, 0.6) is 0 Å². The Morgan fingerprint density at radius 2 is 2.08 bits per heavy atom. The van der Waals surface area contributed by atoms with Crippen molar-refractivity contribution < 1.29 is 9.90 Å². The minimum atomic E-state index is 0.00263. The topological polar surface area (TPSA) is 40.5 Å². The first-order valence-electron chi connectivity index (χ1n) is 8.73. The van der Waals surface area contributed by atoms with E-state index in [4.69, 9.17) is 0 Å². The van der Waals surface area contributed by atoms with Gasteiger partial charge in [-0.25, -0.2) is 0 Å². The molecule has 0 saturated carbocycles. The number of thiophene rings is 1. The van der Waals surface area contributed by atoms with Crippen molar-refractivity contribution in [1.82, 2.24) is 4.90 Å². The molecule has 1 aromatic carbocycles. The molecule has 1 unspecified atom stereocenters. The normalized spacial score (nSPS) is 16.7. The molecule has 1 aromatic heterocycles. The molecule has 128 valence electrons. The minimum absolute atomic E-state index is 0.00263. The molecule has 1 heterocycles. The maximum atomic E-state index is 12.9. The summed E-state index contributed by atoms with van der Waals surface area (Å²) >= 11 is 1.65. The molecule has 2 aromatic rings. The molecule has 24 heavy (non-hydrogen) atoms.